The van der Waals surface area contributed by atoms with E-state index in [-0.39, 0.29) is 36.8 Å². The molecule has 1 aromatic carbocycles. The number of rotatable bonds is 6. The van der Waals surface area contributed by atoms with E-state index < -0.39 is 5.97 Å². The van der Waals surface area contributed by atoms with Gasteiger partial charge in [-0.3, -0.25) is 4.79 Å². The summed E-state index contributed by atoms with van der Waals surface area (Å²) in [6, 6.07) is 6.96. The SMILES string of the molecule is COC(=O)COc1cccc(NC(=O)[C@@H]2CCC[C@@H]2CN)c1.Cl. The van der Waals surface area contributed by atoms with E-state index in [2.05, 4.69) is 10.1 Å². The van der Waals surface area contributed by atoms with Gasteiger partial charge in [-0.05, 0) is 37.4 Å². The van der Waals surface area contributed by atoms with Crippen molar-refractivity contribution in [2.75, 3.05) is 25.6 Å². The Hall–Kier alpha value is -1.79. The lowest BCUT2D eigenvalue weighted by atomic mass is 9.95. The maximum Gasteiger partial charge on any atom is 0.343 e. The predicted molar refractivity (Wildman–Crippen MR) is 89.7 cm³/mol. The van der Waals surface area contributed by atoms with Gasteiger partial charge in [0.05, 0.1) is 7.11 Å². The molecule has 0 saturated heterocycles. The molecule has 0 radical (unpaired) electrons. The highest BCUT2D eigenvalue weighted by Gasteiger charge is 2.31. The summed E-state index contributed by atoms with van der Waals surface area (Å²) < 4.78 is 9.82. The number of hydrogen-bond acceptors (Lipinski definition) is 5. The first-order valence-electron chi connectivity index (χ1n) is 7.44. The van der Waals surface area contributed by atoms with Gasteiger partial charge in [-0.2, -0.15) is 0 Å². The number of halogens is 1. The third-order valence-electron chi connectivity index (χ3n) is 3.98. The van der Waals surface area contributed by atoms with Crippen molar-refractivity contribution < 1.29 is 19.1 Å². The largest absolute Gasteiger partial charge is 0.482 e. The average Bonchev–Trinajstić information content (AvgIpc) is 3.01. The zero-order valence-electron chi connectivity index (χ0n) is 13.1. The molecule has 3 N–H and O–H groups in total. The van der Waals surface area contributed by atoms with E-state index in [0.29, 0.717) is 18.0 Å². The molecule has 1 aliphatic carbocycles. The number of benzene rings is 1. The molecule has 2 atom stereocenters. The first-order valence-corrected chi connectivity index (χ1v) is 7.44. The number of anilines is 1. The zero-order valence-corrected chi connectivity index (χ0v) is 13.9. The maximum atomic E-state index is 12.3. The van der Waals surface area contributed by atoms with Crippen molar-refractivity contribution in [3.63, 3.8) is 0 Å². The Morgan fingerprint density at radius 2 is 2.13 bits per heavy atom. The number of carbonyl (C=O) groups excluding carboxylic acids is 2. The molecule has 6 nitrogen and oxygen atoms in total. The van der Waals surface area contributed by atoms with Gasteiger partial charge in [-0.25, -0.2) is 4.79 Å². The quantitative estimate of drug-likeness (QED) is 0.771. The molecule has 0 aliphatic heterocycles. The maximum absolute atomic E-state index is 12.3. The lowest BCUT2D eigenvalue weighted by Gasteiger charge is -2.17. The van der Waals surface area contributed by atoms with Gasteiger partial charge in [0.15, 0.2) is 6.61 Å². The minimum Gasteiger partial charge on any atom is -0.482 e. The van der Waals surface area contributed by atoms with Crippen LogP contribution >= 0.6 is 12.4 Å². The number of nitrogens with one attached hydrogen (secondary N) is 1. The van der Waals surface area contributed by atoms with Gasteiger partial charge in [0, 0.05) is 17.7 Å². The minimum atomic E-state index is -0.453. The summed E-state index contributed by atoms with van der Waals surface area (Å²) in [5.74, 6) is 0.289. The van der Waals surface area contributed by atoms with Crippen LogP contribution in [-0.2, 0) is 14.3 Å². The van der Waals surface area contributed by atoms with Gasteiger partial charge in [0.1, 0.15) is 5.75 Å². The van der Waals surface area contributed by atoms with Crippen LogP contribution in [0.1, 0.15) is 19.3 Å². The molecule has 1 fully saturated rings. The standard InChI is InChI=1S/C16H22N2O4.ClH/c1-21-15(19)10-22-13-6-3-5-12(8-13)18-16(20)14-7-2-4-11(14)9-17;/h3,5-6,8,11,14H,2,4,7,9-10,17H2,1H3,(H,18,20);1H/t11-,14-;/m1./s1. The normalized spacial score (nSPS) is 19.6. The number of nitrogens with two attached hydrogens (primary N) is 1. The molecule has 1 aliphatic rings. The van der Waals surface area contributed by atoms with Crippen LogP contribution in [0.4, 0.5) is 5.69 Å². The second-order valence-electron chi connectivity index (χ2n) is 5.42. The molecular formula is C16H23ClN2O4. The van der Waals surface area contributed by atoms with E-state index in [0.717, 1.165) is 19.3 Å². The number of hydrogen-bond donors (Lipinski definition) is 2. The number of esters is 1. The molecule has 0 spiro atoms. The zero-order chi connectivity index (χ0) is 15.9. The summed E-state index contributed by atoms with van der Waals surface area (Å²) in [7, 11) is 1.30. The Labute approximate surface area is 142 Å². The molecule has 23 heavy (non-hydrogen) atoms. The van der Waals surface area contributed by atoms with Crippen LogP contribution in [0.2, 0.25) is 0 Å². The van der Waals surface area contributed by atoms with Crippen molar-refractivity contribution in [1.82, 2.24) is 0 Å². The Balaban J connectivity index is 0.00000264. The van der Waals surface area contributed by atoms with Crippen LogP contribution in [0.5, 0.6) is 5.75 Å². The highest BCUT2D eigenvalue weighted by molar-refractivity contribution is 5.93. The second kappa shape index (κ2) is 9.37. The average molecular weight is 343 g/mol. The molecule has 128 valence electrons. The first kappa shape index (κ1) is 19.3. The van der Waals surface area contributed by atoms with Crippen molar-refractivity contribution in [3.05, 3.63) is 24.3 Å². The summed E-state index contributed by atoms with van der Waals surface area (Å²) in [5.41, 5.74) is 6.36. The fourth-order valence-corrected chi connectivity index (χ4v) is 2.76. The fourth-order valence-electron chi connectivity index (χ4n) is 2.76. The Kier molecular flexibility index (Phi) is 7.85. The van der Waals surface area contributed by atoms with Crippen LogP contribution in [0.15, 0.2) is 24.3 Å². The molecule has 7 heteroatoms. The summed E-state index contributed by atoms with van der Waals surface area (Å²) >= 11 is 0. The van der Waals surface area contributed by atoms with Crippen LogP contribution < -0.4 is 15.8 Å². The van der Waals surface area contributed by atoms with E-state index >= 15 is 0 Å². The van der Waals surface area contributed by atoms with E-state index in [1.54, 1.807) is 24.3 Å². The summed E-state index contributed by atoms with van der Waals surface area (Å²) in [6.07, 6.45) is 2.94. The molecule has 0 aromatic heterocycles. The Bertz CT molecular complexity index is 539. The number of amides is 1. The Morgan fingerprint density at radius 1 is 1.35 bits per heavy atom. The second-order valence-corrected chi connectivity index (χ2v) is 5.42. The summed E-state index contributed by atoms with van der Waals surface area (Å²) in [4.78, 5) is 23.4. The molecule has 0 unspecified atom stereocenters. The van der Waals surface area contributed by atoms with Gasteiger partial charge in [-0.1, -0.05) is 12.5 Å². The number of carbonyl (C=O) groups is 2. The van der Waals surface area contributed by atoms with Crippen molar-refractivity contribution in [2.45, 2.75) is 19.3 Å². The molecule has 2 rings (SSSR count). The fraction of sp³-hybridized carbons (Fsp3) is 0.500. The van der Waals surface area contributed by atoms with Gasteiger partial charge in [0.2, 0.25) is 5.91 Å². The third kappa shape index (κ3) is 5.41. The van der Waals surface area contributed by atoms with Gasteiger partial charge >= 0.3 is 5.97 Å². The topological polar surface area (TPSA) is 90.6 Å². The van der Waals surface area contributed by atoms with E-state index in [1.165, 1.54) is 7.11 Å². The lowest BCUT2D eigenvalue weighted by Crippen LogP contribution is -2.29. The molecular weight excluding hydrogens is 320 g/mol. The molecule has 0 bridgehead atoms. The monoisotopic (exact) mass is 342 g/mol. The Morgan fingerprint density at radius 3 is 2.83 bits per heavy atom. The number of ether oxygens (including phenoxy) is 2. The number of methoxy groups -OCH3 is 1. The van der Waals surface area contributed by atoms with Crippen molar-refractivity contribution in [3.8, 4) is 5.75 Å². The van der Waals surface area contributed by atoms with Crippen molar-refractivity contribution >= 4 is 30.0 Å². The van der Waals surface area contributed by atoms with E-state index in [9.17, 15) is 9.59 Å². The minimum absolute atomic E-state index is 0. The highest BCUT2D eigenvalue weighted by atomic mass is 35.5. The predicted octanol–water partition coefficient (Wildman–Crippen LogP) is 1.97. The van der Waals surface area contributed by atoms with Crippen LogP contribution in [-0.4, -0.2) is 32.1 Å². The van der Waals surface area contributed by atoms with Crippen LogP contribution in [0, 0.1) is 11.8 Å². The van der Waals surface area contributed by atoms with Gasteiger partial charge in [-0.15, -0.1) is 12.4 Å². The molecule has 1 amide bonds. The van der Waals surface area contributed by atoms with Gasteiger partial charge in [0.25, 0.3) is 0 Å². The smallest absolute Gasteiger partial charge is 0.343 e. The lowest BCUT2D eigenvalue weighted by molar-refractivity contribution is -0.142. The summed E-state index contributed by atoms with van der Waals surface area (Å²) in [6.45, 7) is 0.381. The molecule has 1 saturated carbocycles. The first-order chi connectivity index (χ1) is 10.6. The van der Waals surface area contributed by atoms with Gasteiger partial charge < -0.3 is 20.5 Å². The van der Waals surface area contributed by atoms with Crippen molar-refractivity contribution in [1.29, 1.82) is 0 Å². The van der Waals surface area contributed by atoms with Crippen LogP contribution in [0.25, 0.3) is 0 Å². The molecule has 1 aromatic rings. The van der Waals surface area contributed by atoms with Crippen LogP contribution in [0.3, 0.4) is 0 Å². The third-order valence-corrected chi connectivity index (χ3v) is 3.98. The van der Waals surface area contributed by atoms with E-state index in [1.807, 2.05) is 0 Å². The van der Waals surface area contributed by atoms with Crippen molar-refractivity contribution in [2.24, 2.45) is 17.6 Å². The molecule has 0 heterocycles. The highest BCUT2D eigenvalue weighted by Crippen LogP contribution is 2.32. The summed E-state index contributed by atoms with van der Waals surface area (Å²) in [5, 5.41) is 2.90. The van der Waals surface area contributed by atoms with E-state index in [4.69, 9.17) is 10.5 Å².